The Kier molecular flexibility index (Phi) is 6.05. The Morgan fingerprint density at radius 2 is 1.16 bits per heavy atom. The van der Waals surface area contributed by atoms with Crippen molar-refractivity contribution in [1.82, 2.24) is 0 Å². The fourth-order valence-electron chi connectivity index (χ4n) is 2.55. The van der Waals surface area contributed by atoms with Crippen molar-refractivity contribution in [2.75, 3.05) is 0 Å². The van der Waals surface area contributed by atoms with Crippen LogP contribution in [0.1, 0.15) is 21.5 Å². The third-order valence-corrected chi connectivity index (χ3v) is 6.72. The Bertz CT molecular complexity index is 1330. The summed E-state index contributed by atoms with van der Waals surface area (Å²) < 4.78 is 60.2. The zero-order chi connectivity index (χ0) is 22.8. The largest absolute Gasteiger partial charge is 0.478 e. The highest BCUT2D eigenvalue weighted by Gasteiger charge is 2.23. The molecule has 0 radical (unpaired) electrons. The van der Waals surface area contributed by atoms with Crippen molar-refractivity contribution in [2.45, 2.75) is 23.6 Å². The second-order valence-electron chi connectivity index (χ2n) is 6.66. The van der Waals surface area contributed by atoms with E-state index in [2.05, 4.69) is 0 Å². The third kappa shape index (κ3) is 5.22. The quantitative estimate of drug-likeness (QED) is 0.529. The molecule has 0 aromatic heterocycles. The van der Waals surface area contributed by atoms with E-state index in [4.69, 9.17) is 8.37 Å². The van der Waals surface area contributed by atoms with Gasteiger partial charge in [0, 0.05) is 6.07 Å². The number of carboxylic acid groups (broad SMARTS) is 1. The normalized spacial score (nSPS) is 11.7. The molecule has 10 heteroatoms. The lowest BCUT2D eigenvalue weighted by Gasteiger charge is -2.12. The molecular weight excluding hydrogens is 444 g/mol. The van der Waals surface area contributed by atoms with Crippen LogP contribution >= 0.6 is 0 Å². The number of rotatable bonds is 7. The first-order chi connectivity index (χ1) is 14.5. The number of carboxylic acids is 1. The zero-order valence-electron chi connectivity index (χ0n) is 16.5. The van der Waals surface area contributed by atoms with E-state index in [0.29, 0.717) is 0 Å². The molecule has 0 spiro atoms. The summed E-state index contributed by atoms with van der Waals surface area (Å²) >= 11 is 0. The lowest BCUT2D eigenvalue weighted by atomic mass is 10.2. The minimum Gasteiger partial charge on any atom is -0.478 e. The van der Waals surface area contributed by atoms with Crippen LogP contribution < -0.4 is 8.37 Å². The van der Waals surface area contributed by atoms with Crippen LogP contribution in [0.25, 0.3) is 0 Å². The summed E-state index contributed by atoms with van der Waals surface area (Å²) in [6.45, 7) is 3.56. The minimum atomic E-state index is -4.37. The van der Waals surface area contributed by atoms with Gasteiger partial charge in [0.2, 0.25) is 0 Å². The van der Waals surface area contributed by atoms with E-state index in [1.165, 1.54) is 24.3 Å². The molecule has 0 atom stereocenters. The molecule has 31 heavy (non-hydrogen) atoms. The Balaban J connectivity index is 1.97. The summed E-state index contributed by atoms with van der Waals surface area (Å²) in [5.41, 5.74) is 1.19. The van der Waals surface area contributed by atoms with Gasteiger partial charge in [0.05, 0.1) is 0 Å². The molecule has 3 aromatic carbocycles. The van der Waals surface area contributed by atoms with Gasteiger partial charge in [0.15, 0.2) is 5.75 Å². The van der Waals surface area contributed by atoms with Gasteiger partial charge in [0.1, 0.15) is 21.1 Å². The van der Waals surface area contributed by atoms with Crippen LogP contribution in [-0.2, 0) is 20.2 Å². The average molecular weight is 463 g/mol. The molecule has 0 fully saturated rings. The highest BCUT2D eigenvalue weighted by atomic mass is 32.2. The first-order valence-electron chi connectivity index (χ1n) is 8.87. The van der Waals surface area contributed by atoms with Crippen LogP contribution in [0.15, 0.2) is 76.5 Å². The number of carbonyl (C=O) groups is 1. The smallest absolute Gasteiger partial charge is 0.339 e. The predicted molar refractivity (Wildman–Crippen MR) is 111 cm³/mol. The Morgan fingerprint density at radius 3 is 1.61 bits per heavy atom. The van der Waals surface area contributed by atoms with E-state index in [9.17, 15) is 26.7 Å². The molecule has 0 saturated heterocycles. The van der Waals surface area contributed by atoms with Gasteiger partial charge in [-0.2, -0.15) is 16.8 Å². The molecule has 3 aromatic rings. The van der Waals surface area contributed by atoms with Crippen LogP contribution in [0.3, 0.4) is 0 Å². The van der Waals surface area contributed by atoms with Crippen LogP contribution in [0.4, 0.5) is 0 Å². The van der Waals surface area contributed by atoms with Gasteiger partial charge in [-0.3, -0.25) is 0 Å². The number of hydrogen-bond acceptors (Lipinski definition) is 7. The highest BCUT2D eigenvalue weighted by Crippen LogP contribution is 2.30. The average Bonchev–Trinajstić information content (AvgIpc) is 2.68. The monoisotopic (exact) mass is 462 g/mol. The summed E-state index contributed by atoms with van der Waals surface area (Å²) in [4.78, 5) is 11.2. The second kappa shape index (κ2) is 8.40. The molecule has 0 aliphatic heterocycles. The summed E-state index contributed by atoms with van der Waals surface area (Å²) in [6.07, 6.45) is 0. The van der Waals surface area contributed by atoms with Gasteiger partial charge in [-0.25, -0.2) is 4.79 Å². The minimum absolute atomic E-state index is 0.116. The van der Waals surface area contributed by atoms with Crippen LogP contribution in [0, 0.1) is 13.8 Å². The van der Waals surface area contributed by atoms with E-state index < -0.39 is 37.5 Å². The van der Waals surface area contributed by atoms with Gasteiger partial charge < -0.3 is 13.5 Å². The van der Waals surface area contributed by atoms with Crippen molar-refractivity contribution >= 4 is 26.2 Å². The maximum absolute atomic E-state index is 12.6. The lowest BCUT2D eigenvalue weighted by molar-refractivity contribution is 0.0695. The fraction of sp³-hybridized carbons (Fsp3) is 0.0952. The SMILES string of the molecule is Cc1ccc(S(=O)(=O)Oc2ccc(C(=O)O)c(OS(=O)(=O)c3ccc(C)cc3)c2)cc1. The predicted octanol–water partition coefficient (Wildman–Crippen LogP) is 3.54. The highest BCUT2D eigenvalue weighted by molar-refractivity contribution is 7.87. The van der Waals surface area contributed by atoms with Gasteiger partial charge in [-0.05, 0) is 50.2 Å². The summed E-state index contributed by atoms with van der Waals surface area (Å²) in [5, 5.41) is 9.36. The first kappa shape index (κ1) is 22.3. The summed E-state index contributed by atoms with van der Waals surface area (Å²) in [6, 6.07) is 14.6. The summed E-state index contributed by atoms with van der Waals surface area (Å²) in [7, 11) is -8.60. The molecule has 0 aliphatic rings. The van der Waals surface area contributed by atoms with Gasteiger partial charge in [-0.15, -0.1) is 0 Å². The van der Waals surface area contributed by atoms with Gasteiger partial charge in [-0.1, -0.05) is 35.4 Å². The lowest BCUT2D eigenvalue weighted by Crippen LogP contribution is -2.14. The standard InChI is InChI=1S/C21H18O8S2/c1-14-3-8-17(9-4-14)30(24,25)28-16-7-12-19(21(22)23)20(13-16)29-31(26,27)18-10-5-15(2)6-11-18/h3-13H,1-2H3,(H,22,23). The van der Waals surface area contributed by atoms with E-state index in [-0.39, 0.29) is 15.5 Å². The van der Waals surface area contributed by atoms with Gasteiger partial charge in [0.25, 0.3) is 0 Å². The molecule has 162 valence electrons. The van der Waals surface area contributed by atoms with E-state index in [1.807, 2.05) is 0 Å². The topological polar surface area (TPSA) is 124 Å². The molecule has 1 N–H and O–H groups in total. The third-order valence-electron chi connectivity index (χ3n) is 4.21. The van der Waals surface area contributed by atoms with Crippen LogP contribution in [-0.4, -0.2) is 27.9 Å². The van der Waals surface area contributed by atoms with Crippen molar-refractivity contribution in [2.24, 2.45) is 0 Å². The van der Waals surface area contributed by atoms with Crippen molar-refractivity contribution in [3.05, 3.63) is 83.4 Å². The molecule has 0 unspecified atom stereocenters. The van der Waals surface area contributed by atoms with Crippen molar-refractivity contribution in [3.8, 4) is 11.5 Å². The Labute approximate surface area is 179 Å². The Hall–Kier alpha value is -3.37. The number of benzene rings is 3. The van der Waals surface area contributed by atoms with Gasteiger partial charge >= 0.3 is 26.2 Å². The zero-order valence-corrected chi connectivity index (χ0v) is 18.1. The number of aryl methyl sites for hydroxylation is 2. The maximum Gasteiger partial charge on any atom is 0.339 e. The summed E-state index contributed by atoms with van der Waals surface area (Å²) in [5.74, 6) is -2.34. The molecule has 0 heterocycles. The molecule has 0 aliphatic carbocycles. The second-order valence-corrected chi connectivity index (χ2v) is 9.76. The molecule has 0 saturated carbocycles. The molecule has 0 amide bonds. The number of hydrogen-bond donors (Lipinski definition) is 1. The van der Waals surface area contributed by atoms with Crippen molar-refractivity contribution in [1.29, 1.82) is 0 Å². The molecular formula is C21H18O8S2. The van der Waals surface area contributed by atoms with Crippen molar-refractivity contribution in [3.63, 3.8) is 0 Å². The van der Waals surface area contributed by atoms with Crippen molar-refractivity contribution < 1.29 is 35.1 Å². The molecule has 3 rings (SSSR count). The van der Waals surface area contributed by atoms with E-state index in [0.717, 1.165) is 29.3 Å². The molecule has 8 nitrogen and oxygen atoms in total. The van der Waals surface area contributed by atoms with E-state index in [1.54, 1.807) is 38.1 Å². The molecule has 0 bridgehead atoms. The van der Waals surface area contributed by atoms with Crippen LogP contribution in [0.5, 0.6) is 11.5 Å². The van der Waals surface area contributed by atoms with Crippen LogP contribution in [0.2, 0.25) is 0 Å². The maximum atomic E-state index is 12.6. The fourth-order valence-corrected chi connectivity index (χ4v) is 4.41. The van der Waals surface area contributed by atoms with E-state index >= 15 is 0 Å². The number of aromatic carboxylic acids is 1. The Morgan fingerprint density at radius 1 is 0.710 bits per heavy atom. The first-order valence-corrected chi connectivity index (χ1v) is 11.7.